The molecular formula is C24H37Cl4N6O6P. The fourth-order valence-corrected chi connectivity index (χ4v) is 6.47. The van der Waals surface area contributed by atoms with Gasteiger partial charge >= 0.3 is 19.3 Å². The summed E-state index contributed by atoms with van der Waals surface area (Å²) in [7, 11) is -2.84. The quantitative estimate of drug-likeness (QED) is 0.157. The van der Waals surface area contributed by atoms with Crippen molar-refractivity contribution in [1.82, 2.24) is 19.7 Å². The van der Waals surface area contributed by atoms with Crippen LogP contribution in [0.25, 0.3) is 0 Å². The second-order valence-corrected chi connectivity index (χ2v) is 12.1. The summed E-state index contributed by atoms with van der Waals surface area (Å²) >= 11 is 22.7. The molecule has 6 N–H and O–H groups in total. The van der Waals surface area contributed by atoms with Crippen molar-refractivity contribution in [3.63, 3.8) is 0 Å². The first-order valence-corrected chi connectivity index (χ1v) is 16.4. The van der Waals surface area contributed by atoms with Gasteiger partial charge in [0, 0.05) is 74.2 Å². The second kappa shape index (κ2) is 21.1. The molecule has 1 aliphatic rings. The molecule has 232 valence electrons. The number of carboxylic acid groups (broad SMARTS) is 1. The lowest BCUT2D eigenvalue weighted by molar-refractivity contribution is -0.138. The predicted octanol–water partition coefficient (Wildman–Crippen LogP) is 2.87. The minimum atomic E-state index is -2.84. The number of hydrogen-bond acceptors (Lipinski definition) is 7. The van der Waals surface area contributed by atoms with Crippen LogP contribution >= 0.6 is 54.1 Å². The zero-order chi connectivity index (χ0) is 30.7. The Kier molecular flexibility index (Phi) is 19.3. The first kappa shape index (κ1) is 37.4. The van der Waals surface area contributed by atoms with Crippen LogP contribution in [0.3, 0.4) is 0 Å². The molecule has 17 heteroatoms. The number of anilines is 1. The lowest BCUT2D eigenvalue weighted by Gasteiger charge is -2.33. The van der Waals surface area contributed by atoms with Gasteiger partial charge in [-0.3, -0.25) is 19.1 Å². The highest BCUT2D eigenvalue weighted by Gasteiger charge is 2.32. The smallest absolute Gasteiger partial charge is 0.343 e. The number of aromatic nitrogens is 2. The Bertz CT molecular complexity index is 1120. The van der Waals surface area contributed by atoms with E-state index in [2.05, 4.69) is 15.0 Å². The van der Waals surface area contributed by atoms with Crippen LogP contribution in [0.4, 0.5) is 5.69 Å². The number of carboxylic acids is 1. The van der Waals surface area contributed by atoms with E-state index in [1.54, 1.807) is 4.67 Å². The van der Waals surface area contributed by atoms with Gasteiger partial charge < -0.3 is 25.2 Å². The average molecular weight is 678 g/mol. The van der Waals surface area contributed by atoms with Crippen molar-refractivity contribution < 1.29 is 19.0 Å². The number of alkyl halides is 4. The first-order valence-electron chi connectivity index (χ1n) is 12.7. The number of nitrogens with two attached hydrogens (primary N) is 1. The normalized spacial score (nSPS) is 17.0. The minimum absolute atomic E-state index is 0.320. The molecule has 1 unspecified atom stereocenters. The summed E-state index contributed by atoms with van der Waals surface area (Å²) in [6, 6.07) is 8.00. The molecule has 1 saturated heterocycles. The van der Waals surface area contributed by atoms with Crippen LogP contribution in [0.1, 0.15) is 12.0 Å². The van der Waals surface area contributed by atoms with E-state index in [4.69, 9.17) is 61.8 Å². The number of aromatic amines is 2. The maximum Gasteiger partial charge on any atom is 0.343 e. The predicted molar refractivity (Wildman–Crippen MR) is 166 cm³/mol. The van der Waals surface area contributed by atoms with Gasteiger partial charge in [-0.1, -0.05) is 12.1 Å². The zero-order valence-corrected chi connectivity index (χ0v) is 26.4. The Morgan fingerprint density at radius 1 is 1.00 bits per heavy atom. The molecule has 0 radical (unpaired) electrons. The zero-order valence-electron chi connectivity index (χ0n) is 22.4. The molecule has 2 aromatic rings. The van der Waals surface area contributed by atoms with Crippen LogP contribution in [-0.2, 0) is 20.3 Å². The molecule has 1 aromatic heterocycles. The topological polar surface area (TPSA) is 174 Å². The number of H-pyrrole nitrogens is 2. The lowest BCUT2D eigenvalue weighted by Crippen LogP contribution is -2.35. The van der Waals surface area contributed by atoms with Crippen LogP contribution in [0.5, 0.6) is 0 Å². The van der Waals surface area contributed by atoms with Crippen LogP contribution in [-0.4, -0.2) is 94.6 Å². The largest absolute Gasteiger partial charge is 0.480 e. The minimum Gasteiger partial charge on any atom is -0.480 e. The van der Waals surface area contributed by atoms with Crippen LogP contribution < -0.4 is 27.0 Å². The van der Waals surface area contributed by atoms with Gasteiger partial charge in [-0.2, -0.15) is 0 Å². The molecule has 0 amide bonds. The van der Waals surface area contributed by atoms with Crippen LogP contribution in [0.15, 0.2) is 46.1 Å². The van der Waals surface area contributed by atoms with E-state index >= 15 is 0 Å². The van der Waals surface area contributed by atoms with Gasteiger partial charge in [0.1, 0.15) is 6.04 Å². The molecule has 41 heavy (non-hydrogen) atoms. The summed E-state index contributed by atoms with van der Waals surface area (Å²) in [5.41, 5.74) is 6.56. The fraction of sp³-hybridized carbons (Fsp3) is 0.542. The Morgan fingerprint density at radius 3 is 2.00 bits per heavy atom. The molecule has 12 nitrogen and oxygen atoms in total. The van der Waals surface area contributed by atoms with Gasteiger partial charge in [-0.15, -0.1) is 46.4 Å². The Balaban J connectivity index is 0.000000333. The van der Waals surface area contributed by atoms with Gasteiger partial charge in [0.15, 0.2) is 0 Å². The average Bonchev–Trinajstić information content (AvgIpc) is 2.94. The van der Waals surface area contributed by atoms with E-state index in [9.17, 15) is 18.9 Å². The lowest BCUT2D eigenvalue weighted by atomic mass is 10.1. The van der Waals surface area contributed by atoms with Crippen LogP contribution in [0, 0.1) is 0 Å². The summed E-state index contributed by atoms with van der Waals surface area (Å²) in [5.74, 6) is 0.915. The third-order valence-corrected chi connectivity index (χ3v) is 8.40. The second-order valence-electron chi connectivity index (χ2n) is 8.42. The maximum atomic E-state index is 12.2. The molecule has 3 rings (SSSR count). The van der Waals surface area contributed by atoms with Crippen LogP contribution in [0.2, 0.25) is 0 Å². The maximum absolute atomic E-state index is 12.2. The van der Waals surface area contributed by atoms with E-state index in [0.717, 1.165) is 37.3 Å². The van der Waals surface area contributed by atoms with E-state index in [0.29, 0.717) is 49.6 Å². The van der Waals surface area contributed by atoms with Gasteiger partial charge in [0.25, 0.3) is 5.56 Å². The number of aliphatic carboxylic acids is 1. The fourth-order valence-electron chi connectivity index (χ4n) is 3.42. The van der Waals surface area contributed by atoms with Crippen molar-refractivity contribution in [3.05, 3.63) is 62.9 Å². The van der Waals surface area contributed by atoms with Gasteiger partial charge in [-0.25, -0.2) is 14.6 Å². The molecule has 1 aliphatic heterocycles. The Morgan fingerprint density at radius 2 is 1.59 bits per heavy atom. The summed E-state index contributed by atoms with van der Waals surface area (Å²) < 4.78 is 19.2. The highest BCUT2D eigenvalue weighted by molar-refractivity contribution is 7.54. The van der Waals surface area contributed by atoms with Gasteiger partial charge in [0.05, 0.1) is 6.61 Å². The SMILES string of the molecule is N[C@@H](Cc1ccc(N(CCCl)CCCl)cc1)C(=O)O.O=P1(N(CCCl)CCCl)NCCCO1.O=c1cc[nH]c(=O)[nH]1. The third-order valence-electron chi connectivity index (χ3n) is 5.43. The van der Waals surface area contributed by atoms with Crippen molar-refractivity contribution in [2.24, 2.45) is 5.73 Å². The Hall–Kier alpha value is -1.60. The van der Waals surface area contributed by atoms with Crippen molar-refractivity contribution in [2.75, 3.05) is 67.8 Å². The summed E-state index contributed by atoms with van der Waals surface area (Å²) in [6.45, 7) is 3.76. The monoisotopic (exact) mass is 676 g/mol. The van der Waals surface area contributed by atoms with Crippen molar-refractivity contribution >= 4 is 65.7 Å². The van der Waals surface area contributed by atoms with Gasteiger partial charge in [0.2, 0.25) is 0 Å². The summed E-state index contributed by atoms with van der Waals surface area (Å²) in [6.07, 6.45) is 2.50. The van der Waals surface area contributed by atoms with Crippen molar-refractivity contribution in [3.8, 4) is 0 Å². The highest BCUT2D eigenvalue weighted by atomic mass is 35.5. The summed E-state index contributed by atoms with van der Waals surface area (Å²) in [4.78, 5) is 37.4. The Labute approximate surface area is 259 Å². The number of nitrogens with one attached hydrogen (secondary N) is 3. The number of hydrogen-bond donors (Lipinski definition) is 5. The standard InChI is InChI=1S/C13H18Cl2N2O2.C7H15Cl2N2O2P.C4H4N2O2/c14-5-7-17(8-6-15)11-3-1-10(2-4-11)9-12(16)13(18)19;8-2-5-11(6-3-9)14(12)10-4-1-7-13-14;7-3-1-2-5-4(8)6-3/h1-4,12H,5-9,16H2,(H,18,19);1-7H2,(H,10,12);1-2H,(H2,5,6,7,8)/t12-;;/m0../s1. The third kappa shape index (κ3) is 14.9. The molecule has 0 aliphatic carbocycles. The van der Waals surface area contributed by atoms with E-state index in [1.165, 1.54) is 12.3 Å². The van der Waals surface area contributed by atoms with Crippen molar-refractivity contribution in [1.29, 1.82) is 0 Å². The molecule has 2 heterocycles. The molecule has 0 spiro atoms. The number of carbonyl (C=O) groups is 1. The molecular weight excluding hydrogens is 641 g/mol. The van der Waals surface area contributed by atoms with Crippen molar-refractivity contribution in [2.45, 2.75) is 18.9 Å². The summed E-state index contributed by atoms with van der Waals surface area (Å²) in [5, 5.41) is 11.7. The molecule has 1 fully saturated rings. The molecule has 1 aromatic carbocycles. The van der Waals surface area contributed by atoms with Gasteiger partial charge in [-0.05, 0) is 30.5 Å². The molecule has 0 saturated carbocycles. The van der Waals surface area contributed by atoms with E-state index in [1.807, 2.05) is 29.2 Å². The van der Waals surface area contributed by atoms with E-state index in [-0.39, 0.29) is 5.56 Å². The number of rotatable bonds is 13. The first-order chi connectivity index (χ1) is 19.6. The molecule has 0 bridgehead atoms. The molecule has 2 atom stereocenters. The number of benzene rings is 1. The van der Waals surface area contributed by atoms with E-state index < -0.39 is 25.4 Å². The number of halogens is 4. The highest BCUT2D eigenvalue weighted by Crippen LogP contribution is 2.48. The number of nitrogens with zero attached hydrogens (tertiary/aromatic N) is 2.